The molecular formula is C20H29N5O3S. The topological polar surface area (TPSA) is 78.9 Å². The van der Waals surface area contributed by atoms with Gasteiger partial charge in [-0.25, -0.2) is 22.7 Å². The third kappa shape index (κ3) is 4.62. The van der Waals surface area contributed by atoms with E-state index in [2.05, 4.69) is 31.9 Å². The van der Waals surface area contributed by atoms with Crippen molar-refractivity contribution in [2.24, 2.45) is 0 Å². The molecule has 0 aliphatic carbocycles. The first-order chi connectivity index (χ1) is 13.9. The number of rotatable bonds is 6. The zero-order chi connectivity index (χ0) is 20.4. The molecule has 3 heterocycles. The Labute approximate surface area is 172 Å². The average molecular weight is 420 g/mol. The summed E-state index contributed by atoms with van der Waals surface area (Å²) in [5, 5.41) is 0.931. The summed E-state index contributed by atoms with van der Waals surface area (Å²) in [4.78, 5) is 13.4. The number of ether oxygens (including phenoxy) is 1. The fourth-order valence-electron chi connectivity index (χ4n) is 3.96. The van der Waals surface area contributed by atoms with Crippen molar-refractivity contribution < 1.29 is 13.2 Å². The monoisotopic (exact) mass is 419 g/mol. The van der Waals surface area contributed by atoms with E-state index in [1.165, 1.54) is 0 Å². The van der Waals surface area contributed by atoms with Crippen LogP contribution >= 0.6 is 0 Å². The van der Waals surface area contributed by atoms with Crippen molar-refractivity contribution in [2.45, 2.75) is 26.4 Å². The summed E-state index contributed by atoms with van der Waals surface area (Å²) >= 11 is 0. The first-order valence-corrected chi connectivity index (χ1v) is 11.9. The van der Waals surface area contributed by atoms with Gasteiger partial charge in [0.1, 0.15) is 6.33 Å². The van der Waals surface area contributed by atoms with Crippen molar-refractivity contribution in [3.05, 3.63) is 24.5 Å². The van der Waals surface area contributed by atoms with Crippen LogP contribution in [-0.2, 0) is 10.0 Å². The van der Waals surface area contributed by atoms with Crippen molar-refractivity contribution in [2.75, 3.05) is 56.5 Å². The summed E-state index contributed by atoms with van der Waals surface area (Å²) in [7, 11) is -3.00. The van der Waals surface area contributed by atoms with Gasteiger partial charge in [-0.3, -0.25) is 4.90 Å². The summed E-state index contributed by atoms with van der Waals surface area (Å²) in [6.07, 6.45) is 2.35. The molecule has 0 unspecified atom stereocenters. The van der Waals surface area contributed by atoms with E-state index in [1.54, 1.807) is 10.6 Å². The predicted octanol–water partition coefficient (Wildman–Crippen LogP) is 1.57. The molecule has 2 saturated heterocycles. The second-order valence-electron chi connectivity index (χ2n) is 7.94. The maximum atomic E-state index is 12.0. The highest BCUT2D eigenvalue weighted by Gasteiger charge is 2.28. The summed E-state index contributed by atoms with van der Waals surface area (Å²) in [5.74, 6) is 0.923. The van der Waals surface area contributed by atoms with Crippen LogP contribution in [0, 0.1) is 0 Å². The van der Waals surface area contributed by atoms with Gasteiger partial charge in [0.15, 0.2) is 0 Å². The number of hydrogen-bond acceptors (Lipinski definition) is 7. The van der Waals surface area contributed by atoms with E-state index in [4.69, 9.17) is 4.74 Å². The molecule has 2 aromatic rings. The van der Waals surface area contributed by atoms with Gasteiger partial charge in [0.25, 0.3) is 0 Å². The van der Waals surface area contributed by atoms with E-state index < -0.39 is 10.0 Å². The lowest BCUT2D eigenvalue weighted by atomic mass is 10.2. The third-order valence-corrected chi connectivity index (χ3v) is 7.49. The molecule has 9 heteroatoms. The molecular weight excluding hydrogens is 390 g/mol. The minimum absolute atomic E-state index is 0.0553. The number of fused-ring (bicyclic) bond motifs is 1. The Kier molecular flexibility index (Phi) is 5.89. The highest BCUT2D eigenvalue weighted by molar-refractivity contribution is 7.89. The van der Waals surface area contributed by atoms with Crippen molar-refractivity contribution >= 4 is 26.6 Å². The standard InChI is InChI=1S/C20H29N5O3S/c1-16(2)28-20-18-14-17(4-5-19(18)21-15-22-20)24-10-7-23(8-11-24)9-12-25-6-3-13-29(25,26)27/h4-5,14-16H,3,6-13H2,1-2H3. The molecule has 4 rings (SSSR count). The van der Waals surface area contributed by atoms with E-state index >= 15 is 0 Å². The average Bonchev–Trinajstić information content (AvgIpc) is 3.04. The Bertz CT molecular complexity index is 958. The zero-order valence-corrected chi connectivity index (χ0v) is 17.9. The Morgan fingerprint density at radius 2 is 1.86 bits per heavy atom. The second-order valence-corrected chi connectivity index (χ2v) is 10.0. The largest absolute Gasteiger partial charge is 0.474 e. The van der Waals surface area contributed by atoms with Gasteiger partial charge in [-0.1, -0.05) is 0 Å². The summed E-state index contributed by atoms with van der Waals surface area (Å²) < 4.78 is 31.4. The Morgan fingerprint density at radius 1 is 1.07 bits per heavy atom. The van der Waals surface area contributed by atoms with Crippen molar-refractivity contribution in [1.82, 2.24) is 19.2 Å². The summed E-state index contributed by atoms with van der Waals surface area (Å²) in [6, 6.07) is 6.23. The molecule has 0 radical (unpaired) electrons. The van der Waals surface area contributed by atoms with Gasteiger partial charge < -0.3 is 9.64 Å². The van der Waals surface area contributed by atoms with Crippen LogP contribution < -0.4 is 9.64 Å². The molecule has 2 aliphatic heterocycles. The number of hydrogen-bond donors (Lipinski definition) is 0. The number of sulfonamides is 1. The Hall–Kier alpha value is -1.97. The number of anilines is 1. The molecule has 0 N–H and O–H groups in total. The molecule has 0 spiro atoms. The van der Waals surface area contributed by atoms with Crippen LogP contribution in [0.5, 0.6) is 5.88 Å². The first kappa shape index (κ1) is 20.3. The van der Waals surface area contributed by atoms with Crippen LogP contribution in [0.2, 0.25) is 0 Å². The van der Waals surface area contributed by atoms with Crippen LogP contribution in [-0.4, -0.2) is 85.3 Å². The lowest BCUT2D eigenvalue weighted by molar-refractivity contribution is 0.235. The number of aromatic nitrogens is 2. The summed E-state index contributed by atoms with van der Waals surface area (Å²) in [6.45, 7) is 9.71. The maximum absolute atomic E-state index is 12.0. The lowest BCUT2D eigenvalue weighted by Gasteiger charge is -2.36. The van der Waals surface area contributed by atoms with Crippen LogP contribution in [0.25, 0.3) is 10.9 Å². The van der Waals surface area contributed by atoms with Crippen LogP contribution in [0.4, 0.5) is 5.69 Å². The highest BCUT2D eigenvalue weighted by Crippen LogP contribution is 2.28. The molecule has 0 bridgehead atoms. The van der Waals surface area contributed by atoms with E-state index in [0.717, 1.165) is 55.7 Å². The van der Waals surface area contributed by atoms with E-state index in [0.29, 0.717) is 24.7 Å². The number of piperazine rings is 1. The normalized spacial score (nSPS) is 20.6. The van der Waals surface area contributed by atoms with Crippen LogP contribution in [0.3, 0.4) is 0 Å². The molecule has 158 valence electrons. The third-order valence-electron chi connectivity index (χ3n) is 5.54. The Balaban J connectivity index is 1.38. The minimum Gasteiger partial charge on any atom is -0.474 e. The fraction of sp³-hybridized carbons (Fsp3) is 0.600. The fourth-order valence-corrected chi connectivity index (χ4v) is 5.48. The molecule has 2 aliphatic rings. The zero-order valence-electron chi connectivity index (χ0n) is 17.1. The number of benzene rings is 1. The van der Waals surface area contributed by atoms with Gasteiger partial charge in [0.2, 0.25) is 15.9 Å². The van der Waals surface area contributed by atoms with Gasteiger partial charge in [-0.2, -0.15) is 0 Å². The molecule has 8 nitrogen and oxygen atoms in total. The lowest BCUT2D eigenvalue weighted by Crippen LogP contribution is -2.48. The van der Waals surface area contributed by atoms with Gasteiger partial charge in [-0.05, 0) is 38.5 Å². The molecule has 0 amide bonds. The summed E-state index contributed by atoms with van der Waals surface area (Å²) in [5.41, 5.74) is 2.02. The van der Waals surface area contributed by atoms with Crippen molar-refractivity contribution in [3.8, 4) is 5.88 Å². The smallest absolute Gasteiger partial charge is 0.224 e. The molecule has 1 aromatic heterocycles. The number of nitrogens with zero attached hydrogens (tertiary/aromatic N) is 5. The molecule has 29 heavy (non-hydrogen) atoms. The van der Waals surface area contributed by atoms with E-state index in [1.807, 2.05) is 19.9 Å². The quantitative estimate of drug-likeness (QED) is 0.703. The van der Waals surface area contributed by atoms with Crippen molar-refractivity contribution in [1.29, 1.82) is 0 Å². The Morgan fingerprint density at radius 3 is 2.55 bits per heavy atom. The molecule has 1 aromatic carbocycles. The molecule has 0 saturated carbocycles. The SMILES string of the molecule is CC(C)Oc1ncnc2ccc(N3CCN(CCN4CCCS4(=O)=O)CC3)cc12. The molecule has 2 fully saturated rings. The van der Waals surface area contributed by atoms with Gasteiger partial charge in [-0.15, -0.1) is 0 Å². The van der Waals surface area contributed by atoms with Gasteiger partial charge in [0, 0.05) is 51.5 Å². The predicted molar refractivity (Wildman–Crippen MR) is 114 cm³/mol. The van der Waals surface area contributed by atoms with Crippen LogP contribution in [0.15, 0.2) is 24.5 Å². The maximum Gasteiger partial charge on any atom is 0.224 e. The van der Waals surface area contributed by atoms with Gasteiger partial charge >= 0.3 is 0 Å². The molecule has 0 atom stereocenters. The van der Waals surface area contributed by atoms with E-state index in [-0.39, 0.29) is 6.10 Å². The highest BCUT2D eigenvalue weighted by atomic mass is 32.2. The second kappa shape index (κ2) is 8.41. The van der Waals surface area contributed by atoms with E-state index in [9.17, 15) is 8.42 Å². The van der Waals surface area contributed by atoms with Crippen LogP contribution in [0.1, 0.15) is 20.3 Å². The van der Waals surface area contributed by atoms with Gasteiger partial charge in [0.05, 0.1) is 22.8 Å². The van der Waals surface area contributed by atoms with Crippen molar-refractivity contribution in [3.63, 3.8) is 0 Å². The first-order valence-electron chi connectivity index (χ1n) is 10.3. The minimum atomic E-state index is -3.00.